The van der Waals surface area contributed by atoms with Crippen molar-refractivity contribution >= 4 is 15.7 Å². The first kappa shape index (κ1) is 13.6. The Morgan fingerprint density at radius 2 is 1.94 bits per heavy atom. The van der Waals surface area contributed by atoms with Crippen molar-refractivity contribution in [3.05, 3.63) is 24.3 Å². The second kappa shape index (κ2) is 6.28. The van der Waals surface area contributed by atoms with Gasteiger partial charge in [0, 0.05) is 18.7 Å². The van der Waals surface area contributed by atoms with Crippen molar-refractivity contribution in [1.29, 1.82) is 0 Å². The number of sulfonamides is 1. The average molecular weight is 252 g/mol. The monoisotopic (exact) mass is 252 g/mol. The second-order valence-electron chi connectivity index (χ2n) is 3.47. The molecule has 1 aromatic carbocycles. The number of hydrogen-bond acceptors (Lipinski definition) is 3. The highest BCUT2D eigenvalue weighted by Gasteiger charge is 2.09. The summed E-state index contributed by atoms with van der Waals surface area (Å²) in [6, 6.07) is 6.60. The zero-order chi connectivity index (χ0) is 12.7. The summed E-state index contributed by atoms with van der Waals surface area (Å²) >= 11 is 0. The Bertz CT molecular complexity index is 486. The molecule has 2 N–H and O–H groups in total. The lowest BCUT2D eigenvalue weighted by atomic mass is 10.3. The second-order valence-corrected chi connectivity index (χ2v) is 5.35. The van der Waals surface area contributed by atoms with E-state index in [0.29, 0.717) is 0 Å². The Kier molecular flexibility index (Phi) is 5.01. The number of unbranched alkanes of at least 4 members (excludes halogenated alkanes) is 1. The summed E-state index contributed by atoms with van der Waals surface area (Å²) in [5.41, 5.74) is 0.886. The smallest absolute Gasteiger partial charge is 0.240 e. The predicted octanol–water partition coefficient (Wildman–Crippen LogP) is 1.42. The van der Waals surface area contributed by atoms with Crippen molar-refractivity contribution in [3.63, 3.8) is 0 Å². The van der Waals surface area contributed by atoms with Crippen LogP contribution in [0, 0.1) is 12.3 Å². The quantitative estimate of drug-likeness (QED) is 0.594. The normalized spacial score (nSPS) is 10.8. The molecule has 0 saturated heterocycles. The highest BCUT2D eigenvalue weighted by molar-refractivity contribution is 7.89. The summed E-state index contributed by atoms with van der Waals surface area (Å²) in [7, 11) is -1.96. The van der Waals surface area contributed by atoms with E-state index < -0.39 is 10.0 Å². The highest BCUT2D eigenvalue weighted by atomic mass is 32.2. The van der Waals surface area contributed by atoms with Crippen LogP contribution in [-0.2, 0) is 10.0 Å². The number of anilines is 1. The Morgan fingerprint density at radius 3 is 2.47 bits per heavy atom. The lowest BCUT2D eigenvalue weighted by Gasteiger charge is -2.06. The van der Waals surface area contributed by atoms with Gasteiger partial charge in [0.15, 0.2) is 0 Å². The largest absolute Gasteiger partial charge is 0.385 e. The molecule has 0 saturated carbocycles. The summed E-state index contributed by atoms with van der Waals surface area (Å²) in [4.78, 5) is 0.258. The summed E-state index contributed by atoms with van der Waals surface area (Å²) in [6.07, 6.45) is 6.77. The van der Waals surface area contributed by atoms with Crippen molar-refractivity contribution in [2.45, 2.75) is 17.7 Å². The van der Waals surface area contributed by atoms with Crippen molar-refractivity contribution in [2.75, 3.05) is 18.9 Å². The Morgan fingerprint density at radius 1 is 1.29 bits per heavy atom. The van der Waals surface area contributed by atoms with Crippen molar-refractivity contribution in [1.82, 2.24) is 4.72 Å². The van der Waals surface area contributed by atoms with E-state index in [-0.39, 0.29) is 4.90 Å². The molecule has 5 heteroatoms. The summed E-state index contributed by atoms with van der Waals surface area (Å²) < 4.78 is 25.2. The van der Waals surface area contributed by atoms with Gasteiger partial charge in [0.05, 0.1) is 4.90 Å². The molecule has 0 spiro atoms. The van der Waals surface area contributed by atoms with E-state index in [1.807, 2.05) is 0 Å². The number of nitrogens with one attached hydrogen (secondary N) is 2. The van der Waals surface area contributed by atoms with Gasteiger partial charge in [0.25, 0.3) is 0 Å². The van der Waals surface area contributed by atoms with E-state index in [1.54, 1.807) is 24.3 Å². The van der Waals surface area contributed by atoms with Crippen LogP contribution in [0.15, 0.2) is 29.2 Å². The maximum Gasteiger partial charge on any atom is 0.240 e. The van der Waals surface area contributed by atoms with Gasteiger partial charge in [-0.2, -0.15) is 0 Å². The Labute approximate surface area is 102 Å². The molecule has 0 aromatic heterocycles. The summed E-state index contributed by atoms with van der Waals surface area (Å²) in [5, 5.41) is 3.17. The van der Waals surface area contributed by atoms with Crippen LogP contribution in [0.4, 0.5) is 5.69 Å². The van der Waals surface area contributed by atoms with Crippen LogP contribution in [0.1, 0.15) is 12.8 Å². The topological polar surface area (TPSA) is 58.2 Å². The zero-order valence-electron chi connectivity index (χ0n) is 9.73. The first-order chi connectivity index (χ1) is 8.10. The maximum absolute atomic E-state index is 11.5. The van der Waals surface area contributed by atoms with E-state index in [4.69, 9.17) is 6.42 Å². The van der Waals surface area contributed by atoms with Gasteiger partial charge >= 0.3 is 0 Å². The molecule has 0 fully saturated rings. The minimum Gasteiger partial charge on any atom is -0.385 e. The fourth-order valence-electron chi connectivity index (χ4n) is 1.29. The van der Waals surface area contributed by atoms with Crippen LogP contribution in [0.5, 0.6) is 0 Å². The molecule has 0 unspecified atom stereocenters. The van der Waals surface area contributed by atoms with Gasteiger partial charge in [0.1, 0.15) is 0 Å². The van der Waals surface area contributed by atoms with Crippen LogP contribution in [0.25, 0.3) is 0 Å². The molecule has 92 valence electrons. The van der Waals surface area contributed by atoms with Gasteiger partial charge in [0.2, 0.25) is 10.0 Å². The third-order valence-electron chi connectivity index (χ3n) is 2.26. The first-order valence-corrected chi connectivity index (χ1v) is 6.79. The van der Waals surface area contributed by atoms with Crippen molar-refractivity contribution in [3.8, 4) is 12.3 Å². The molecule has 0 aliphatic rings. The van der Waals surface area contributed by atoms with E-state index in [1.165, 1.54) is 7.05 Å². The molecule has 0 heterocycles. The zero-order valence-corrected chi connectivity index (χ0v) is 10.5. The van der Waals surface area contributed by atoms with Crippen LogP contribution in [0.2, 0.25) is 0 Å². The van der Waals surface area contributed by atoms with Gasteiger partial charge in [-0.1, -0.05) is 0 Å². The first-order valence-electron chi connectivity index (χ1n) is 5.31. The van der Waals surface area contributed by atoms with Crippen LogP contribution >= 0.6 is 0 Å². The summed E-state index contributed by atoms with van der Waals surface area (Å²) in [6.45, 7) is 0.780. The van der Waals surface area contributed by atoms with Gasteiger partial charge in [-0.15, -0.1) is 12.3 Å². The minimum absolute atomic E-state index is 0.258. The molecule has 1 rings (SSSR count). The molecule has 0 bridgehead atoms. The van der Waals surface area contributed by atoms with Crippen molar-refractivity contribution in [2.24, 2.45) is 0 Å². The molecule has 0 radical (unpaired) electrons. The predicted molar refractivity (Wildman–Crippen MR) is 69.2 cm³/mol. The minimum atomic E-state index is -3.35. The fraction of sp³-hybridized carbons (Fsp3) is 0.333. The molecule has 17 heavy (non-hydrogen) atoms. The van der Waals surface area contributed by atoms with Crippen LogP contribution in [-0.4, -0.2) is 22.0 Å². The molecule has 0 amide bonds. The van der Waals surface area contributed by atoms with E-state index in [9.17, 15) is 8.42 Å². The molecule has 1 aromatic rings. The third-order valence-corrected chi connectivity index (χ3v) is 3.69. The Hall–Kier alpha value is -1.51. The van der Waals surface area contributed by atoms with Gasteiger partial charge in [-0.25, -0.2) is 13.1 Å². The van der Waals surface area contributed by atoms with Crippen LogP contribution < -0.4 is 10.0 Å². The number of rotatable bonds is 6. The lowest BCUT2D eigenvalue weighted by molar-refractivity contribution is 0.588. The highest BCUT2D eigenvalue weighted by Crippen LogP contribution is 2.13. The van der Waals surface area contributed by atoms with Gasteiger partial charge < -0.3 is 5.32 Å². The molecule has 0 aliphatic carbocycles. The van der Waals surface area contributed by atoms with E-state index >= 15 is 0 Å². The van der Waals surface area contributed by atoms with Crippen LogP contribution in [0.3, 0.4) is 0 Å². The number of benzene rings is 1. The van der Waals surface area contributed by atoms with Gasteiger partial charge in [-0.3, -0.25) is 0 Å². The van der Waals surface area contributed by atoms with Gasteiger partial charge in [-0.05, 0) is 37.7 Å². The molecule has 0 atom stereocenters. The Balaban J connectivity index is 2.60. The standard InChI is InChI=1S/C12H16N2O2S/c1-3-4-5-10-14-11-6-8-12(9-7-11)17(15,16)13-2/h1,6-9,13-14H,4-5,10H2,2H3. The van der Waals surface area contributed by atoms with E-state index in [0.717, 1.165) is 25.1 Å². The lowest BCUT2D eigenvalue weighted by Crippen LogP contribution is -2.18. The molecule has 4 nitrogen and oxygen atoms in total. The van der Waals surface area contributed by atoms with Crippen molar-refractivity contribution < 1.29 is 8.42 Å². The number of hydrogen-bond donors (Lipinski definition) is 2. The summed E-state index contributed by atoms with van der Waals surface area (Å²) in [5.74, 6) is 2.56. The third kappa shape index (κ3) is 4.10. The number of terminal acetylenes is 1. The maximum atomic E-state index is 11.5. The SMILES string of the molecule is C#CCCCNc1ccc(S(=O)(=O)NC)cc1. The molecular weight excluding hydrogens is 236 g/mol. The molecular formula is C12H16N2O2S. The van der Waals surface area contributed by atoms with E-state index in [2.05, 4.69) is 16.0 Å². The molecule has 0 aliphatic heterocycles. The fourth-order valence-corrected chi connectivity index (χ4v) is 2.02. The average Bonchev–Trinajstić information content (AvgIpc) is 2.35.